The molecule has 1 aliphatic carbocycles. The molecule has 1 aromatic carbocycles. The molecule has 2 aliphatic rings. The van der Waals surface area contributed by atoms with Crippen molar-refractivity contribution in [3.05, 3.63) is 29.8 Å². The van der Waals surface area contributed by atoms with Crippen LogP contribution in [0.25, 0.3) is 0 Å². The van der Waals surface area contributed by atoms with E-state index < -0.39 is 15.6 Å². The van der Waals surface area contributed by atoms with Crippen LogP contribution >= 0.6 is 0 Å². The number of hydrogen-bond donors (Lipinski definition) is 1. The van der Waals surface area contributed by atoms with Crippen LogP contribution in [0.2, 0.25) is 0 Å². The third kappa shape index (κ3) is 4.17. The number of hydrogen-bond acceptors (Lipinski definition) is 6. The van der Waals surface area contributed by atoms with Gasteiger partial charge in [-0.25, -0.2) is 8.42 Å². The molecule has 2 fully saturated rings. The van der Waals surface area contributed by atoms with E-state index in [9.17, 15) is 18.5 Å². The summed E-state index contributed by atoms with van der Waals surface area (Å²) >= 11 is 0. The highest BCUT2D eigenvalue weighted by Crippen LogP contribution is 2.39. The Bertz CT molecular complexity index is 937. The molecule has 0 unspecified atom stereocenters. The molecular weight excluding hydrogens is 378 g/mol. The number of nitrogens with one attached hydrogen (secondary N) is 1. The van der Waals surface area contributed by atoms with E-state index >= 15 is 0 Å². The largest absolute Gasteiger partial charge is 0.337 e. The molecule has 0 bridgehead atoms. The summed E-state index contributed by atoms with van der Waals surface area (Å²) in [4.78, 5) is 14.2. The summed E-state index contributed by atoms with van der Waals surface area (Å²) in [5.74, 6) is -0.00859. The van der Waals surface area contributed by atoms with Gasteiger partial charge in [-0.05, 0) is 37.8 Å². The Hall–Kier alpha value is -2.46. The summed E-state index contributed by atoms with van der Waals surface area (Å²) in [7, 11) is -3.75. The maximum atomic E-state index is 12.8. The highest BCUT2D eigenvalue weighted by molar-refractivity contribution is 7.89. The zero-order valence-corrected chi connectivity index (χ0v) is 16.6. The van der Waals surface area contributed by atoms with Gasteiger partial charge in [0.1, 0.15) is 11.6 Å². The Labute approximate surface area is 165 Å². The van der Waals surface area contributed by atoms with Crippen LogP contribution in [0.15, 0.2) is 29.2 Å². The van der Waals surface area contributed by atoms with Crippen LogP contribution < -0.4 is 5.32 Å². The predicted molar refractivity (Wildman–Crippen MR) is 101 cm³/mol. The monoisotopic (exact) mass is 401 g/mol. The number of benzene rings is 1. The first-order valence-corrected chi connectivity index (χ1v) is 10.7. The molecule has 1 aromatic rings. The van der Waals surface area contributed by atoms with Gasteiger partial charge in [0.25, 0.3) is 0 Å². The Balaban J connectivity index is 1.58. The van der Waals surface area contributed by atoms with E-state index in [0.717, 1.165) is 12.8 Å². The lowest BCUT2D eigenvalue weighted by molar-refractivity contribution is -0.123. The summed E-state index contributed by atoms with van der Waals surface area (Å²) in [6, 6.07) is 10.3. The number of carbonyl (C=O) groups excluding carboxylic acids is 1. The Morgan fingerprint density at radius 2 is 1.86 bits per heavy atom. The summed E-state index contributed by atoms with van der Waals surface area (Å²) in [6.07, 6.45) is 1.90. The molecule has 1 atom stereocenters. The molecule has 0 radical (unpaired) electrons. The lowest BCUT2D eigenvalue weighted by atomic mass is 9.98. The molecule has 1 N–H and O–H groups in total. The summed E-state index contributed by atoms with van der Waals surface area (Å²) in [6.45, 7) is 3.19. The van der Waals surface area contributed by atoms with Crippen LogP contribution in [0.5, 0.6) is 0 Å². The standard InChI is InChI=1S/C19H23N5O3S/c1-19(14-21,16-6-7-16)22-18(25)13-23-8-10-24(11-9-23)28(26,27)17-5-3-2-4-15(17)12-20/h2-5,16H,6-11,13H2,1H3,(H,22,25)/t19-/m0/s1. The van der Waals surface area contributed by atoms with Gasteiger partial charge < -0.3 is 5.32 Å². The normalized spacial score (nSPS) is 20.5. The fraction of sp³-hybridized carbons (Fsp3) is 0.526. The van der Waals surface area contributed by atoms with Gasteiger partial charge in [-0.1, -0.05) is 12.1 Å². The van der Waals surface area contributed by atoms with Gasteiger partial charge in [0.15, 0.2) is 0 Å². The lowest BCUT2D eigenvalue weighted by Gasteiger charge is -2.34. The van der Waals surface area contributed by atoms with Crippen LogP contribution in [0, 0.1) is 28.6 Å². The minimum Gasteiger partial charge on any atom is -0.337 e. The van der Waals surface area contributed by atoms with Crippen LogP contribution in [-0.2, 0) is 14.8 Å². The highest BCUT2D eigenvalue weighted by Gasteiger charge is 2.43. The van der Waals surface area contributed by atoms with Crippen molar-refractivity contribution in [2.24, 2.45) is 5.92 Å². The number of nitriles is 2. The molecule has 1 heterocycles. The van der Waals surface area contributed by atoms with E-state index in [-0.39, 0.29) is 41.9 Å². The van der Waals surface area contributed by atoms with Crippen molar-refractivity contribution in [3.63, 3.8) is 0 Å². The third-order valence-electron chi connectivity index (χ3n) is 5.35. The summed E-state index contributed by atoms with van der Waals surface area (Å²) in [5, 5.41) is 21.3. The first-order chi connectivity index (χ1) is 13.3. The summed E-state index contributed by atoms with van der Waals surface area (Å²) < 4.78 is 27.0. The highest BCUT2D eigenvalue weighted by atomic mass is 32.2. The zero-order valence-electron chi connectivity index (χ0n) is 15.8. The van der Waals surface area contributed by atoms with Crippen LogP contribution in [0.4, 0.5) is 0 Å². The van der Waals surface area contributed by atoms with Gasteiger partial charge in [0.2, 0.25) is 15.9 Å². The quantitative estimate of drug-likeness (QED) is 0.749. The Morgan fingerprint density at radius 1 is 1.21 bits per heavy atom. The molecule has 28 heavy (non-hydrogen) atoms. The number of carbonyl (C=O) groups is 1. The number of sulfonamides is 1. The van der Waals surface area contributed by atoms with E-state index in [1.54, 1.807) is 19.1 Å². The van der Waals surface area contributed by atoms with Crippen LogP contribution in [-0.4, -0.2) is 61.8 Å². The van der Waals surface area contributed by atoms with Crippen molar-refractivity contribution >= 4 is 15.9 Å². The van der Waals surface area contributed by atoms with E-state index in [1.165, 1.54) is 16.4 Å². The molecule has 0 spiro atoms. The molecule has 1 saturated heterocycles. The summed E-state index contributed by atoms with van der Waals surface area (Å²) in [5.41, 5.74) is -0.705. The van der Waals surface area contributed by atoms with Crippen LogP contribution in [0.1, 0.15) is 25.3 Å². The third-order valence-corrected chi connectivity index (χ3v) is 7.31. The molecule has 1 aliphatic heterocycles. The molecule has 9 heteroatoms. The predicted octanol–water partition coefficient (Wildman–Crippen LogP) is 0.673. The molecule has 148 valence electrons. The van der Waals surface area contributed by atoms with Crippen molar-refractivity contribution in [2.45, 2.75) is 30.2 Å². The maximum absolute atomic E-state index is 12.8. The molecule has 8 nitrogen and oxygen atoms in total. The molecule has 1 saturated carbocycles. The van der Waals surface area contributed by atoms with Gasteiger partial charge in [0.05, 0.1) is 23.1 Å². The minimum absolute atomic E-state index is 0.0120. The van der Waals surface area contributed by atoms with Gasteiger partial charge >= 0.3 is 0 Å². The minimum atomic E-state index is -3.75. The number of rotatable bonds is 6. The molecule has 0 aromatic heterocycles. The number of nitrogens with zero attached hydrogens (tertiary/aromatic N) is 4. The lowest BCUT2D eigenvalue weighted by Crippen LogP contribution is -2.54. The zero-order chi connectivity index (χ0) is 20.4. The average Bonchev–Trinajstić information content (AvgIpc) is 3.54. The second kappa shape index (κ2) is 7.88. The smallest absolute Gasteiger partial charge is 0.244 e. The van der Waals surface area contributed by atoms with E-state index in [0.29, 0.717) is 13.1 Å². The van der Waals surface area contributed by atoms with Crippen molar-refractivity contribution < 1.29 is 13.2 Å². The average molecular weight is 401 g/mol. The van der Waals surface area contributed by atoms with E-state index in [4.69, 9.17) is 5.26 Å². The Kier molecular flexibility index (Phi) is 5.71. The van der Waals surface area contributed by atoms with Crippen molar-refractivity contribution in [3.8, 4) is 12.1 Å². The molecule has 3 rings (SSSR count). The van der Waals surface area contributed by atoms with Gasteiger partial charge in [0, 0.05) is 26.2 Å². The Morgan fingerprint density at radius 3 is 2.43 bits per heavy atom. The molecule has 1 amide bonds. The van der Waals surface area contributed by atoms with Crippen LogP contribution in [0.3, 0.4) is 0 Å². The number of piperazine rings is 1. The van der Waals surface area contributed by atoms with Crippen molar-refractivity contribution in [2.75, 3.05) is 32.7 Å². The first-order valence-electron chi connectivity index (χ1n) is 9.24. The van der Waals surface area contributed by atoms with Gasteiger partial charge in [-0.3, -0.25) is 9.69 Å². The van der Waals surface area contributed by atoms with E-state index in [2.05, 4.69) is 11.4 Å². The second-order valence-corrected chi connectivity index (χ2v) is 9.33. The van der Waals surface area contributed by atoms with Crippen molar-refractivity contribution in [1.82, 2.24) is 14.5 Å². The fourth-order valence-corrected chi connectivity index (χ4v) is 5.03. The van der Waals surface area contributed by atoms with Gasteiger partial charge in [-0.15, -0.1) is 0 Å². The van der Waals surface area contributed by atoms with Gasteiger partial charge in [-0.2, -0.15) is 14.8 Å². The number of amides is 1. The molecular formula is C19H23N5O3S. The van der Waals surface area contributed by atoms with E-state index in [1.807, 2.05) is 11.0 Å². The van der Waals surface area contributed by atoms with Crippen molar-refractivity contribution in [1.29, 1.82) is 10.5 Å². The SMILES string of the molecule is C[C@@](C#N)(NC(=O)CN1CCN(S(=O)(=O)c2ccccc2C#N)CC1)C1CC1. The topological polar surface area (TPSA) is 117 Å². The fourth-order valence-electron chi connectivity index (χ4n) is 3.47. The first kappa shape index (κ1) is 20.3. The maximum Gasteiger partial charge on any atom is 0.244 e. The second-order valence-electron chi connectivity index (χ2n) is 7.42.